The molecule has 2 aromatic heterocycles. The zero-order valence-corrected chi connectivity index (χ0v) is 59.2. The van der Waals surface area contributed by atoms with Crippen molar-refractivity contribution >= 4 is 50.5 Å². The van der Waals surface area contributed by atoms with E-state index in [1.165, 1.54) is 42.7 Å². The summed E-state index contributed by atoms with van der Waals surface area (Å²) in [5.74, 6) is -9.11. The molecule has 0 radical (unpaired) electrons. The number of aliphatic carboxylic acids is 1. The molecule has 4 aromatic carbocycles. The van der Waals surface area contributed by atoms with Crippen molar-refractivity contribution in [1.29, 1.82) is 0 Å². The van der Waals surface area contributed by atoms with Gasteiger partial charge in [-0.25, -0.2) is 35.1 Å². The van der Waals surface area contributed by atoms with Gasteiger partial charge in [-0.15, -0.1) is 0 Å². The molecule has 0 saturated carbocycles. The molecule has 4 atom stereocenters. The molecule has 4 heterocycles. The van der Waals surface area contributed by atoms with Crippen LogP contribution in [0.3, 0.4) is 0 Å². The fraction of sp³-hybridized carbons (Fsp3) is 0.472. The van der Waals surface area contributed by atoms with Crippen molar-refractivity contribution in [2.75, 3.05) is 45.9 Å². The Kier molecular flexibility index (Phi) is 34.2. The summed E-state index contributed by atoms with van der Waals surface area (Å²) in [6, 6.07) is 12.0. The summed E-state index contributed by atoms with van der Waals surface area (Å²) in [5.41, 5.74) is 4.81. The summed E-state index contributed by atoms with van der Waals surface area (Å²) < 4.78 is 124. The number of aryl methyl sites for hydroxylation is 6. The molecule has 2 fully saturated rings. The number of aromatic nitrogens is 2. The van der Waals surface area contributed by atoms with Crippen LogP contribution in [0.1, 0.15) is 153 Å². The molecular weight excluding hydrogens is 1300 g/mol. The number of benzene rings is 4. The normalized spacial score (nSPS) is 14.4. The Bertz CT molecular complexity index is 3800. The van der Waals surface area contributed by atoms with Crippen LogP contribution in [0.25, 0.3) is 22.3 Å². The van der Waals surface area contributed by atoms with Crippen molar-refractivity contribution in [1.82, 2.24) is 18.9 Å². The summed E-state index contributed by atoms with van der Waals surface area (Å²) in [5, 5.41) is 9.78. The first-order chi connectivity index (χ1) is 43.3. The number of esters is 1. The van der Waals surface area contributed by atoms with Crippen LogP contribution in [0.4, 0.5) is 35.1 Å². The third-order valence-corrected chi connectivity index (χ3v) is 17.2. The quantitative estimate of drug-likeness (QED) is 0.0291. The number of likely N-dealkylation sites (tertiary alicyclic amines) is 2. The first kappa shape index (κ1) is 86.7. The maximum atomic E-state index is 16.0. The summed E-state index contributed by atoms with van der Waals surface area (Å²) in [7, 11) is 0. The van der Waals surface area contributed by atoms with Crippen molar-refractivity contribution in [2.45, 2.75) is 164 Å². The molecule has 0 amide bonds. The zero-order valence-electron chi connectivity index (χ0n) is 57.2. The van der Waals surface area contributed by atoms with E-state index in [1.807, 2.05) is 37.5 Å². The van der Waals surface area contributed by atoms with Crippen LogP contribution >= 0.6 is 27.0 Å². The van der Waals surface area contributed by atoms with Gasteiger partial charge in [0, 0.05) is 76.3 Å². The molecule has 2 unspecified atom stereocenters. The fourth-order valence-corrected chi connectivity index (χ4v) is 12.8. The number of carbonyl (C=O) groups is 4. The Balaban J connectivity index is 0.000000628. The first-order valence-electron chi connectivity index (χ1n) is 31.4. The van der Waals surface area contributed by atoms with Gasteiger partial charge in [0.15, 0.2) is 23.2 Å². The van der Waals surface area contributed by atoms with Gasteiger partial charge in [0.2, 0.25) is 0 Å². The molecule has 0 aliphatic carbocycles. The topological polar surface area (TPSA) is 210 Å². The first-order valence-corrected chi connectivity index (χ1v) is 31.4. The van der Waals surface area contributed by atoms with E-state index in [0.717, 1.165) is 21.3 Å². The van der Waals surface area contributed by atoms with Crippen molar-refractivity contribution in [2.24, 2.45) is 11.8 Å². The standard InChI is InChI=1S/C37H44F4N2O4.C35H40F4N2O4.Li.2H2O.2H2S/c1-7-47-34(45)17-26(30-15-27(11-24(6)36(30)41)35-22(4)12-28(38)13-23(35)5)16-33(44)32(10-21(2)3)43-18-25(14-31(40)37(43)46)8-9-42-19-29(39)20-42;1-19(2)8-30(41-16-23(12-29(38)35(41)45)6-7-40-17-27(37)18-40)31(42)14-24(15-32(43)44)28-13-25(9-22(5)34(28)39)33-20(3)10-26(36)11-21(33)4;;;;;/h11-15,18,21,26,29,32H,7-10,16-17,19-20H2,1-6H3;9-13,16,19,24,27,30H,6-8,14-15,17-18H2,1-5H3,(H,43,44);;4*1H2/q;;+1;;;;/p-1/t26-,32?;24-,30?;;;;;/m00...../s1. The Morgan fingerprint density at radius 1 is 0.536 bits per heavy atom. The Morgan fingerprint density at radius 3 is 1.19 bits per heavy atom. The second kappa shape index (κ2) is 38.3. The van der Waals surface area contributed by atoms with Gasteiger partial charge in [0.1, 0.15) is 35.6 Å². The largest absolute Gasteiger partial charge is 1.00 e. The van der Waals surface area contributed by atoms with E-state index in [-0.39, 0.29) is 123 Å². The molecule has 25 heteroatoms. The summed E-state index contributed by atoms with van der Waals surface area (Å²) in [4.78, 5) is 82.9. The van der Waals surface area contributed by atoms with Gasteiger partial charge < -0.3 is 29.9 Å². The number of Topliss-reactive ketones (excluding diaryl/α,β-unsaturated/α-hetero) is 2. The number of pyridine rings is 2. The Morgan fingerprint density at radius 2 is 0.876 bits per heavy atom. The third-order valence-electron chi connectivity index (χ3n) is 17.2. The van der Waals surface area contributed by atoms with E-state index in [4.69, 9.17) is 4.74 Å². The minimum Gasteiger partial charge on any atom is -0.870 e. The van der Waals surface area contributed by atoms with Gasteiger partial charge in [-0.05, 0) is 225 Å². The SMILES string of the molecule is CCOC(=O)C[C@H](CC(=O)C(CC(C)C)n1cc(CCN2CC(F)C2)cc(F)c1=O)c1cc(-c2c(C)cc(F)cc2C)cc(C)c1F.Cc1cc(-c2c(C)cc(F)cc2C)cc([C@H](CC(=O)O)CC(=O)C(CC(C)C)n2cc(CCN3CC(F)C3)cc(F)c2=O)c1F.O.S.S.[Li+].[OH-]. The molecule has 14 nitrogen and oxygen atoms in total. The number of rotatable bonds is 27. The molecule has 2 saturated heterocycles. The summed E-state index contributed by atoms with van der Waals surface area (Å²) in [6.45, 7) is 21.4. The van der Waals surface area contributed by atoms with Crippen molar-refractivity contribution in [3.63, 3.8) is 0 Å². The number of ketones is 2. The predicted octanol–water partition coefficient (Wildman–Crippen LogP) is 10.4. The molecule has 0 spiro atoms. The van der Waals surface area contributed by atoms with Crippen LogP contribution in [0.15, 0.2) is 82.6 Å². The Labute approximate surface area is 588 Å². The number of carboxylic acids is 1. The van der Waals surface area contributed by atoms with Crippen LogP contribution in [-0.2, 0) is 36.8 Å². The smallest absolute Gasteiger partial charge is 0.870 e. The molecule has 4 N–H and O–H groups in total. The van der Waals surface area contributed by atoms with Gasteiger partial charge in [-0.1, -0.05) is 27.7 Å². The number of halogens is 8. The van der Waals surface area contributed by atoms with Gasteiger partial charge in [-0.3, -0.25) is 38.6 Å². The van der Waals surface area contributed by atoms with Crippen molar-refractivity contribution in [3.05, 3.63) is 184 Å². The number of nitrogens with zero attached hydrogens (tertiary/aromatic N) is 4. The van der Waals surface area contributed by atoms with Gasteiger partial charge >= 0.3 is 30.8 Å². The van der Waals surface area contributed by atoms with Gasteiger partial charge in [0.05, 0.1) is 31.5 Å². The minimum absolute atomic E-state index is 0. The van der Waals surface area contributed by atoms with E-state index in [1.54, 1.807) is 66.7 Å². The molecular formula is C72H91F8LiN4O10S2. The number of hydrogen-bond acceptors (Lipinski definition) is 10. The number of hydrogen-bond donors (Lipinski definition) is 1. The molecule has 2 aliphatic heterocycles. The van der Waals surface area contributed by atoms with E-state index in [9.17, 15) is 55.8 Å². The van der Waals surface area contributed by atoms with E-state index < -0.39 is 119 Å². The van der Waals surface area contributed by atoms with Crippen LogP contribution in [0.2, 0.25) is 0 Å². The number of carbonyl (C=O) groups excluding carboxylic acids is 3. The second-order valence-electron chi connectivity index (χ2n) is 25.9. The maximum absolute atomic E-state index is 16.0. The Hall–Kier alpha value is -6.36. The number of carboxylic acid groups (broad SMARTS) is 1. The molecule has 6 aromatic rings. The molecule has 8 rings (SSSR count). The van der Waals surface area contributed by atoms with Crippen LogP contribution in [0, 0.1) is 88.3 Å². The summed E-state index contributed by atoms with van der Waals surface area (Å²) in [6.07, 6.45) is 0.650. The number of alkyl halides is 2. The van der Waals surface area contributed by atoms with Crippen LogP contribution in [-0.4, -0.2) is 117 Å². The fourth-order valence-electron chi connectivity index (χ4n) is 12.8. The average Bonchev–Trinajstić information content (AvgIpc) is 0.793. The average molecular weight is 1400 g/mol. The van der Waals surface area contributed by atoms with Crippen LogP contribution < -0.4 is 30.0 Å². The molecule has 2 aliphatic rings. The third kappa shape index (κ3) is 22.6. The van der Waals surface area contributed by atoms with Crippen molar-refractivity contribution in [3.8, 4) is 22.3 Å². The second-order valence-corrected chi connectivity index (χ2v) is 25.9. The van der Waals surface area contributed by atoms with Crippen molar-refractivity contribution < 1.29 is 94.0 Å². The minimum atomic E-state index is -1.24. The van der Waals surface area contributed by atoms with E-state index >= 15 is 13.2 Å². The maximum Gasteiger partial charge on any atom is 1.00 e. The predicted molar refractivity (Wildman–Crippen MR) is 365 cm³/mol. The monoisotopic (exact) mass is 1390 g/mol. The zero-order chi connectivity index (χ0) is 67.7. The molecule has 528 valence electrons. The van der Waals surface area contributed by atoms with Gasteiger partial charge in [0.25, 0.3) is 11.1 Å². The molecule has 0 bridgehead atoms. The van der Waals surface area contributed by atoms with Crippen LogP contribution in [0.5, 0.6) is 0 Å². The van der Waals surface area contributed by atoms with E-state index in [2.05, 4.69) is 0 Å². The molecule has 97 heavy (non-hydrogen) atoms. The summed E-state index contributed by atoms with van der Waals surface area (Å²) >= 11 is 0. The number of ether oxygens (including phenoxy) is 1. The van der Waals surface area contributed by atoms with Gasteiger partial charge in [-0.2, -0.15) is 27.0 Å². The van der Waals surface area contributed by atoms with E-state index in [0.29, 0.717) is 108 Å².